The van der Waals surface area contributed by atoms with Gasteiger partial charge in [0, 0.05) is 5.56 Å². The van der Waals surface area contributed by atoms with Gasteiger partial charge in [0.2, 0.25) is 9.84 Å². The van der Waals surface area contributed by atoms with E-state index < -0.39 is 9.84 Å². The third kappa shape index (κ3) is 3.72. The topological polar surface area (TPSA) is 78.2 Å². The molecule has 7 heteroatoms. The van der Waals surface area contributed by atoms with Crippen LogP contribution in [-0.2, 0) is 15.3 Å². The van der Waals surface area contributed by atoms with Crippen LogP contribution in [0, 0.1) is 11.3 Å². The SMILES string of the molecule is CC(C)(C)c1cc(/C=C(\C#N)S(=O)(=O)c2cccs2)cc(Br)c1O. The first-order chi connectivity index (χ1) is 11.1. The van der Waals surface area contributed by atoms with Gasteiger partial charge in [-0.1, -0.05) is 26.8 Å². The monoisotopic (exact) mass is 425 g/mol. The number of phenols is 1. The molecule has 4 nitrogen and oxygen atoms in total. The Morgan fingerprint density at radius 3 is 2.54 bits per heavy atom. The maximum atomic E-state index is 12.5. The Morgan fingerprint density at radius 2 is 2.04 bits per heavy atom. The van der Waals surface area contributed by atoms with Crippen molar-refractivity contribution in [3.63, 3.8) is 0 Å². The molecular weight excluding hydrogens is 410 g/mol. The Kier molecular flexibility index (Phi) is 5.23. The largest absolute Gasteiger partial charge is 0.506 e. The first kappa shape index (κ1) is 18.7. The molecule has 24 heavy (non-hydrogen) atoms. The zero-order chi connectivity index (χ0) is 18.1. The molecule has 0 radical (unpaired) electrons. The van der Waals surface area contributed by atoms with E-state index in [1.165, 1.54) is 12.1 Å². The molecule has 1 aromatic heterocycles. The number of hydrogen-bond donors (Lipinski definition) is 1. The Labute approximate surface area is 154 Å². The van der Waals surface area contributed by atoms with Gasteiger partial charge in [-0.3, -0.25) is 0 Å². The summed E-state index contributed by atoms with van der Waals surface area (Å²) in [5.41, 5.74) is 0.853. The lowest BCUT2D eigenvalue weighted by atomic mass is 9.85. The van der Waals surface area contributed by atoms with Crippen molar-refractivity contribution in [2.45, 2.75) is 30.4 Å². The summed E-state index contributed by atoms with van der Waals surface area (Å²) in [6.45, 7) is 5.82. The quantitative estimate of drug-likeness (QED) is 0.712. The predicted octanol–water partition coefficient (Wildman–Crippen LogP) is 4.85. The maximum Gasteiger partial charge on any atom is 0.226 e. The number of rotatable bonds is 3. The molecule has 0 saturated carbocycles. The van der Waals surface area contributed by atoms with Crippen LogP contribution in [0.3, 0.4) is 0 Å². The van der Waals surface area contributed by atoms with Gasteiger partial charge in [-0.2, -0.15) is 5.26 Å². The van der Waals surface area contributed by atoms with Gasteiger partial charge >= 0.3 is 0 Å². The van der Waals surface area contributed by atoms with Crippen molar-refractivity contribution in [2.75, 3.05) is 0 Å². The number of aromatic hydroxyl groups is 1. The predicted molar refractivity (Wildman–Crippen MR) is 99.6 cm³/mol. The van der Waals surface area contributed by atoms with E-state index in [0.29, 0.717) is 15.6 Å². The summed E-state index contributed by atoms with van der Waals surface area (Å²) in [5, 5.41) is 21.2. The second kappa shape index (κ2) is 6.71. The minimum absolute atomic E-state index is 0.110. The lowest BCUT2D eigenvalue weighted by Crippen LogP contribution is -2.12. The van der Waals surface area contributed by atoms with Gasteiger partial charge in [-0.05, 0) is 56.6 Å². The van der Waals surface area contributed by atoms with Crippen LogP contribution >= 0.6 is 27.3 Å². The summed E-state index contributed by atoms with van der Waals surface area (Å²) in [6.07, 6.45) is 1.33. The number of allylic oxidation sites excluding steroid dienone is 1. The number of phenolic OH excluding ortho intramolecular Hbond substituents is 1. The first-order valence-corrected chi connectivity index (χ1v) is 10.2. The molecule has 0 aliphatic carbocycles. The summed E-state index contributed by atoms with van der Waals surface area (Å²) in [6, 6.07) is 8.16. The van der Waals surface area contributed by atoms with Crippen LogP contribution in [-0.4, -0.2) is 13.5 Å². The molecule has 0 unspecified atom stereocenters. The number of hydrogen-bond acceptors (Lipinski definition) is 5. The molecule has 0 bridgehead atoms. The Bertz CT molecular complexity index is 931. The van der Waals surface area contributed by atoms with Crippen molar-refractivity contribution >= 4 is 43.2 Å². The molecule has 2 aromatic rings. The molecule has 126 valence electrons. The molecule has 1 aromatic carbocycles. The third-order valence-electron chi connectivity index (χ3n) is 3.35. The van der Waals surface area contributed by atoms with Gasteiger partial charge in [0.25, 0.3) is 0 Å². The molecule has 2 rings (SSSR count). The number of nitrogens with zero attached hydrogens (tertiary/aromatic N) is 1. The van der Waals surface area contributed by atoms with Gasteiger partial charge in [-0.25, -0.2) is 8.42 Å². The fraction of sp³-hybridized carbons (Fsp3) is 0.235. The van der Waals surface area contributed by atoms with Gasteiger partial charge in [0.15, 0.2) is 4.91 Å². The third-order valence-corrected chi connectivity index (χ3v) is 7.02. The molecule has 0 amide bonds. The fourth-order valence-corrected chi connectivity index (χ4v) is 4.88. The molecule has 0 aliphatic heterocycles. The van der Waals surface area contributed by atoms with Crippen LogP contribution in [0.15, 0.2) is 43.2 Å². The van der Waals surface area contributed by atoms with Crippen LogP contribution in [0.25, 0.3) is 6.08 Å². The van der Waals surface area contributed by atoms with Gasteiger partial charge < -0.3 is 5.11 Å². The van der Waals surface area contributed by atoms with Gasteiger partial charge in [0.1, 0.15) is 16.0 Å². The summed E-state index contributed by atoms with van der Waals surface area (Å²) in [7, 11) is -3.84. The summed E-state index contributed by atoms with van der Waals surface area (Å²) >= 11 is 4.35. The van der Waals surface area contributed by atoms with Crippen LogP contribution in [0.4, 0.5) is 0 Å². The Balaban J connectivity index is 2.62. The van der Waals surface area contributed by atoms with Crippen molar-refractivity contribution in [1.29, 1.82) is 5.26 Å². The van der Waals surface area contributed by atoms with E-state index in [0.717, 1.165) is 11.3 Å². The van der Waals surface area contributed by atoms with Gasteiger partial charge in [0.05, 0.1) is 4.47 Å². The van der Waals surface area contributed by atoms with Crippen LogP contribution in [0.2, 0.25) is 0 Å². The smallest absolute Gasteiger partial charge is 0.226 e. The Hall–Kier alpha value is -1.62. The first-order valence-electron chi connectivity index (χ1n) is 7.00. The highest BCUT2D eigenvalue weighted by Gasteiger charge is 2.24. The van der Waals surface area contributed by atoms with E-state index in [-0.39, 0.29) is 20.3 Å². The minimum atomic E-state index is -3.84. The van der Waals surface area contributed by atoms with Crippen LogP contribution in [0.5, 0.6) is 5.75 Å². The van der Waals surface area contributed by atoms with Crippen molar-refractivity contribution in [3.05, 3.63) is 50.2 Å². The van der Waals surface area contributed by atoms with Crippen molar-refractivity contribution in [3.8, 4) is 11.8 Å². The van der Waals surface area contributed by atoms with Crippen LogP contribution in [0.1, 0.15) is 31.9 Å². The molecule has 0 spiro atoms. The minimum Gasteiger partial charge on any atom is -0.506 e. The number of nitriles is 1. The average Bonchev–Trinajstić information content (AvgIpc) is 3.01. The number of benzene rings is 1. The van der Waals surface area contributed by atoms with Crippen molar-refractivity contribution < 1.29 is 13.5 Å². The number of sulfone groups is 1. The van der Waals surface area contributed by atoms with E-state index in [9.17, 15) is 18.8 Å². The standard InChI is InChI=1S/C17H16BrNO3S2/c1-17(2,3)13-8-11(9-14(18)16(13)20)7-12(10-19)24(21,22)15-5-4-6-23-15/h4-9,20H,1-3H3/b12-7+. The summed E-state index contributed by atoms with van der Waals surface area (Å²) in [4.78, 5) is -0.331. The molecule has 1 N–H and O–H groups in total. The molecule has 0 fully saturated rings. The molecule has 0 saturated heterocycles. The van der Waals surface area contributed by atoms with E-state index in [2.05, 4.69) is 15.9 Å². The van der Waals surface area contributed by atoms with E-state index in [4.69, 9.17) is 0 Å². The summed E-state index contributed by atoms with van der Waals surface area (Å²) < 4.78 is 25.6. The lowest BCUT2D eigenvalue weighted by Gasteiger charge is -2.21. The Morgan fingerprint density at radius 1 is 1.38 bits per heavy atom. The normalized spacial score (nSPS) is 12.9. The highest BCUT2D eigenvalue weighted by atomic mass is 79.9. The highest BCUT2D eigenvalue weighted by molar-refractivity contribution is 9.10. The van der Waals surface area contributed by atoms with Crippen molar-refractivity contribution in [1.82, 2.24) is 0 Å². The average molecular weight is 426 g/mol. The van der Waals surface area contributed by atoms with Gasteiger partial charge in [-0.15, -0.1) is 11.3 Å². The maximum absolute atomic E-state index is 12.5. The fourth-order valence-electron chi connectivity index (χ4n) is 2.12. The van der Waals surface area contributed by atoms with Crippen LogP contribution < -0.4 is 0 Å². The molecule has 0 atom stereocenters. The summed E-state index contributed by atoms with van der Waals surface area (Å²) in [5.74, 6) is 0.110. The number of thiophene rings is 1. The zero-order valence-corrected chi connectivity index (χ0v) is 16.6. The second-order valence-electron chi connectivity index (χ2n) is 6.20. The molecular formula is C17H16BrNO3S2. The molecule has 1 heterocycles. The van der Waals surface area contributed by atoms with Crippen molar-refractivity contribution in [2.24, 2.45) is 0 Å². The number of halogens is 1. The van der Waals surface area contributed by atoms with E-state index >= 15 is 0 Å². The van der Waals surface area contributed by atoms with E-state index in [1.807, 2.05) is 20.8 Å². The zero-order valence-electron chi connectivity index (χ0n) is 13.4. The second-order valence-corrected chi connectivity index (χ2v) is 10.2. The van der Waals surface area contributed by atoms with E-state index in [1.54, 1.807) is 29.6 Å². The molecule has 0 aliphatic rings. The lowest BCUT2D eigenvalue weighted by molar-refractivity contribution is 0.443. The highest BCUT2D eigenvalue weighted by Crippen LogP contribution is 2.38.